The van der Waals surface area contributed by atoms with Crippen LogP contribution in [0.4, 0.5) is 5.69 Å². The van der Waals surface area contributed by atoms with Crippen molar-refractivity contribution in [3.05, 3.63) is 23.8 Å². The molecule has 1 amide bonds. The molecular formula is C11H13N3O3S. The highest BCUT2D eigenvalue weighted by atomic mass is 32.2. The fraction of sp³-hybridized carbons (Fsp3) is 0.364. The Morgan fingerprint density at radius 2 is 2.11 bits per heavy atom. The molecule has 1 aromatic rings. The summed E-state index contributed by atoms with van der Waals surface area (Å²) in [6.45, 7) is 0. The lowest BCUT2D eigenvalue weighted by atomic mass is 10.2. The van der Waals surface area contributed by atoms with Crippen molar-refractivity contribution < 1.29 is 13.2 Å². The van der Waals surface area contributed by atoms with Gasteiger partial charge in [0.1, 0.15) is 0 Å². The van der Waals surface area contributed by atoms with E-state index in [1.54, 1.807) is 6.07 Å². The zero-order valence-electron chi connectivity index (χ0n) is 9.51. The number of rotatable bonds is 3. The van der Waals surface area contributed by atoms with Crippen molar-refractivity contribution in [1.82, 2.24) is 4.72 Å². The number of carbonyl (C=O) groups excluding carboxylic acids is 1. The van der Waals surface area contributed by atoms with Gasteiger partial charge in [-0.15, -0.1) is 0 Å². The normalized spacial score (nSPS) is 25.7. The van der Waals surface area contributed by atoms with Crippen LogP contribution in [-0.2, 0) is 21.2 Å². The molecule has 2 aliphatic rings. The second-order valence-corrected chi connectivity index (χ2v) is 6.39. The Balaban J connectivity index is 1.89. The van der Waals surface area contributed by atoms with E-state index in [2.05, 4.69) is 10.0 Å². The maximum absolute atomic E-state index is 12.0. The molecule has 7 heteroatoms. The summed E-state index contributed by atoms with van der Waals surface area (Å²) in [5.74, 6) is -0.114. The van der Waals surface area contributed by atoms with Crippen molar-refractivity contribution in [3.63, 3.8) is 0 Å². The molecule has 6 nitrogen and oxygen atoms in total. The second kappa shape index (κ2) is 3.78. The minimum Gasteiger partial charge on any atom is -0.326 e. The largest absolute Gasteiger partial charge is 0.326 e. The van der Waals surface area contributed by atoms with Crippen molar-refractivity contribution in [2.45, 2.75) is 29.8 Å². The lowest BCUT2D eigenvalue weighted by molar-refractivity contribution is -0.115. The topological polar surface area (TPSA) is 101 Å². The smallest absolute Gasteiger partial charge is 0.240 e. The predicted molar refractivity (Wildman–Crippen MR) is 65.5 cm³/mol. The van der Waals surface area contributed by atoms with Crippen LogP contribution in [0.1, 0.15) is 12.0 Å². The van der Waals surface area contributed by atoms with E-state index in [9.17, 15) is 13.2 Å². The van der Waals surface area contributed by atoms with E-state index >= 15 is 0 Å². The maximum Gasteiger partial charge on any atom is 0.240 e. The average Bonchev–Trinajstić information content (AvgIpc) is 2.83. The number of hydrogen-bond donors (Lipinski definition) is 3. The molecule has 18 heavy (non-hydrogen) atoms. The van der Waals surface area contributed by atoms with Crippen molar-refractivity contribution in [2.24, 2.45) is 5.73 Å². The van der Waals surface area contributed by atoms with Crippen molar-refractivity contribution in [1.29, 1.82) is 0 Å². The molecule has 1 aliphatic heterocycles. The van der Waals surface area contributed by atoms with Gasteiger partial charge in [-0.1, -0.05) is 0 Å². The lowest BCUT2D eigenvalue weighted by Gasteiger charge is -2.07. The number of anilines is 1. The summed E-state index contributed by atoms with van der Waals surface area (Å²) >= 11 is 0. The van der Waals surface area contributed by atoms with Crippen molar-refractivity contribution >= 4 is 21.6 Å². The first-order valence-electron chi connectivity index (χ1n) is 5.66. The summed E-state index contributed by atoms with van der Waals surface area (Å²) in [5.41, 5.74) is 6.97. The number of benzene rings is 1. The Morgan fingerprint density at radius 1 is 1.39 bits per heavy atom. The van der Waals surface area contributed by atoms with Gasteiger partial charge in [-0.25, -0.2) is 13.1 Å². The molecule has 0 bridgehead atoms. The van der Waals surface area contributed by atoms with Crippen molar-refractivity contribution in [3.8, 4) is 0 Å². The summed E-state index contributed by atoms with van der Waals surface area (Å²) in [6.07, 6.45) is 0.895. The summed E-state index contributed by atoms with van der Waals surface area (Å²) in [5, 5.41) is 2.66. The van der Waals surface area contributed by atoms with Crippen LogP contribution in [0.2, 0.25) is 0 Å². The molecule has 1 aromatic carbocycles. The molecule has 1 saturated carbocycles. The fourth-order valence-corrected chi connectivity index (χ4v) is 3.34. The summed E-state index contributed by atoms with van der Waals surface area (Å²) in [4.78, 5) is 11.4. The van der Waals surface area contributed by atoms with Crippen LogP contribution in [0, 0.1) is 0 Å². The maximum atomic E-state index is 12.0. The van der Waals surface area contributed by atoms with E-state index in [0.717, 1.165) is 0 Å². The molecule has 2 atom stereocenters. The third-order valence-corrected chi connectivity index (χ3v) is 4.65. The van der Waals surface area contributed by atoms with Crippen LogP contribution in [0.3, 0.4) is 0 Å². The van der Waals surface area contributed by atoms with E-state index in [4.69, 9.17) is 5.73 Å². The minimum absolute atomic E-state index is 0.0857. The predicted octanol–water partition coefficient (Wildman–Crippen LogP) is -0.441. The van der Waals surface area contributed by atoms with Gasteiger partial charge in [0.2, 0.25) is 15.9 Å². The monoisotopic (exact) mass is 267 g/mol. The highest BCUT2D eigenvalue weighted by Crippen LogP contribution is 2.27. The van der Waals surface area contributed by atoms with E-state index in [-0.39, 0.29) is 29.3 Å². The van der Waals surface area contributed by atoms with E-state index in [1.807, 2.05) is 0 Å². The van der Waals surface area contributed by atoms with Gasteiger partial charge in [-0.2, -0.15) is 0 Å². The first-order chi connectivity index (χ1) is 8.45. The Kier molecular flexibility index (Phi) is 2.44. The number of carbonyl (C=O) groups is 1. The summed E-state index contributed by atoms with van der Waals surface area (Å²) in [7, 11) is -3.54. The van der Waals surface area contributed by atoms with Gasteiger partial charge in [0.05, 0.1) is 11.3 Å². The number of sulfonamides is 1. The molecule has 0 spiro atoms. The summed E-state index contributed by atoms with van der Waals surface area (Å²) < 4.78 is 26.6. The van der Waals surface area contributed by atoms with Crippen LogP contribution in [0.5, 0.6) is 0 Å². The first-order valence-corrected chi connectivity index (χ1v) is 7.15. The number of amides is 1. The molecule has 96 valence electrons. The van der Waals surface area contributed by atoms with Gasteiger partial charge in [0.15, 0.2) is 0 Å². The Bertz CT molecular complexity index is 626. The molecule has 0 saturated heterocycles. The van der Waals surface area contributed by atoms with Gasteiger partial charge in [-0.3, -0.25) is 4.79 Å². The van der Waals surface area contributed by atoms with E-state index in [1.165, 1.54) is 12.1 Å². The van der Waals surface area contributed by atoms with Gasteiger partial charge in [0, 0.05) is 17.8 Å². The molecule has 3 rings (SSSR count). The zero-order chi connectivity index (χ0) is 12.9. The van der Waals surface area contributed by atoms with Gasteiger partial charge >= 0.3 is 0 Å². The second-order valence-electron chi connectivity index (χ2n) is 4.67. The lowest BCUT2D eigenvalue weighted by Crippen LogP contribution is -2.29. The molecule has 1 aliphatic carbocycles. The highest BCUT2D eigenvalue weighted by Gasteiger charge is 2.37. The molecule has 1 heterocycles. The van der Waals surface area contributed by atoms with E-state index in [0.29, 0.717) is 17.7 Å². The zero-order valence-corrected chi connectivity index (χ0v) is 10.3. The summed E-state index contributed by atoms with van der Waals surface area (Å²) in [6, 6.07) is 4.38. The molecular weight excluding hydrogens is 254 g/mol. The molecule has 1 fully saturated rings. The molecule has 0 radical (unpaired) electrons. The number of nitrogens with two attached hydrogens (primary N) is 1. The molecule has 0 aromatic heterocycles. The number of hydrogen-bond acceptors (Lipinski definition) is 4. The quantitative estimate of drug-likeness (QED) is 0.691. The Morgan fingerprint density at radius 3 is 2.78 bits per heavy atom. The van der Waals surface area contributed by atoms with Crippen LogP contribution >= 0.6 is 0 Å². The van der Waals surface area contributed by atoms with Gasteiger partial charge in [0.25, 0.3) is 0 Å². The minimum atomic E-state index is -3.54. The standard InChI is InChI=1S/C11H13N3O3S/c12-8-5-10(8)14-18(16,17)7-1-2-9-6(3-7)4-11(15)13-9/h1-3,8,10,14H,4-5,12H2,(H,13,15). The van der Waals surface area contributed by atoms with Crippen LogP contribution < -0.4 is 15.8 Å². The van der Waals surface area contributed by atoms with Crippen LogP contribution in [0.25, 0.3) is 0 Å². The Labute approximate surface area is 105 Å². The SMILES string of the molecule is NC1CC1NS(=O)(=O)c1ccc2c(c1)CC(=O)N2. The van der Waals surface area contributed by atoms with Gasteiger partial charge in [-0.05, 0) is 30.2 Å². The fourth-order valence-electron chi connectivity index (χ4n) is 1.99. The number of fused-ring (bicyclic) bond motifs is 1. The third-order valence-electron chi connectivity index (χ3n) is 3.16. The molecule has 2 unspecified atom stereocenters. The number of nitrogens with one attached hydrogen (secondary N) is 2. The van der Waals surface area contributed by atoms with E-state index < -0.39 is 10.0 Å². The van der Waals surface area contributed by atoms with Crippen LogP contribution in [0.15, 0.2) is 23.1 Å². The Hall–Kier alpha value is -1.44. The average molecular weight is 267 g/mol. The van der Waals surface area contributed by atoms with Crippen LogP contribution in [-0.4, -0.2) is 26.4 Å². The first kappa shape index (κ1) is 11.6. The van der Waals surface area contributed by atoms with Crippen molar-refractivity contribution in [2.75, 3.05) is 5.32 Å². The van der Waals surface area contributed by atoms with Gasteiger partial charge < -0.3 is 11.1 Å². The molecule has 4 N–H and O–H groups in total. The third kappa shape index (κ3) is 2.00. The highest BCUT2D eigenvalue weighted by molar-refractivity contribution is 7.89.